The van der Waals surface area contributed by atoms with Gasteiger partial charge in [0.15, 0.2) is 20.9 Å². The molecule has 6 atom stereocenters. The van der Waals surface area contributed by atoms with E-state index in [1.54, 1.807) is 18.9 Å². The summed E-state index contributed by atoms with van der Waals surface area (Å²) >= 11 is 4.12. The number of benzene rings is 5. The second kappa shape index (κ2) is 31.8. The minimum atomic E-state index is -2.66. The van der Waals surface area contributed by atoms with Gasteiger partial charge in [0.25, 0.3) is 8.32 Å². The van der Waals surface area contributed by atoms with Gasteiger partial charge in [0.1, 0.15) is 17.4 Å². The third-order valence-corrected chi connectivity index (χ3v) is 28.5. The minimum Gasteiger partial charge on any atom is -0.467 e. The summed E-state index contributed by atoms with van der Waals surface area (Å²) in [5.74, 6) is 0.274. The molecule has 14 heteroatoms. The number of esters is 1. The summed E-state index contributed by atoms with van der Waals surface area (Å²) in [6, 6.07) is 46.8. The Morgan fingerprint density at radius 2 is 1.34 bits per heavy atom. The highest BCUT2D eigenvalue weighted by Crippen LogP contribution is 2.43. The average molecular weight is 1300 g/mol. The highest BCUT2D eigenvalue weighted by molar-refractivity contribution is 14.1. The lowest BCUT2D eigenvalue weighted by atomic mass is 9.95. The predicted molar refractivity (Wildman–Crippen MR) is 359 cm³/mol. The van der Waals surface area contributed by atoms with Gasteiger partial charge in [-0.15, -0.1) is 11.8 Å². The van der Waals surface area contributed by atoms with Crippen molar-refractivity contribution in [1.29, 1.82) is 0 Å². The van der Waals surface area contributed by atoms with Crippen molar-refractivity contribution in [2.75, 3.05) is 31.5 Å². The first-order valence-corrected chi connectivity index (χ1v) is 40.5. The summed E-state index contributed by atoms with van der Waals surface area (Å²) in [7, 11) is -4.53. The summed E-state index contributed by atoms with van der Waals surface area (Å²) in [4.78, 5) is 14.5. The molecule has 2 saturated heterocycles. The zero-order valence-corrected chi connectivity index (χ0v) is 58.6. The van der Waals surface area contributed by atoms with Crippen LogP contribution in [-0.4, -0.2) is 98.5 Å². The highest BCUT2D eigenvalue weighted by Gasteiger charge is 2.52. The number of methoxy groups -OCH3 is 1. The molecule has 450 valence electrons. The molecular weight excluding hydrogens is 1200 g/mol. The van der Waals surface area contributed by atoms with Gasteiger partial charge in [-0.25, -0.2) is 4.79 Å². The van der Waals surface area contributed by atoms with E-state index in [1.807, 2.05) is 62.4 Å². The molecule has 0 aliphatic carbocycles. The van der Waals surface area contributed by atoms with E-state index in [9.17, 15) is 4.79 Å². The van der Waals surface area contributed by atoms with E-state index in [4.69, 9.17) is 37.3 Å². The summed E-state index contributed by atoms with van der Waals surface area (Å²) in [6.45, 7) is 37.4. The third kappa shape index (κ3) is 20.4. The fraction of sp³-hybridized carbons (Fsp3) is 0.515. The van der Waals surface area contributed by atoms with Crippen molar-refractivity contribution < 1.29 is 42.1 Å². The summed E-state index contributed by atoms with van der Waals surface area (Å²) < 4.78 is 50.4. The Kier molecular flexibility index (Phi) is 26.9. The minimum absolute atomic E-state index is 0.00703. The highest BCUT2D eigenvalue weighted by atomic mass is 127. The van der Waals surface area contributed by atoms with Crippen LogP contribution in [0.4, 0.5) is 0 Å². The first-order valence-electron chi connectivity index (χ1n) is 29.5. The molecule has 2 fully saturated rings. The van der Waals surface area contributed by atoms with Gasteiger partial charge in [0, 0.05) is 43.0 Å². The molecule has 7 rings (SSSR count). The fourth-order valence-corrected chi connectivity index (χ4v) is 18.1. The first-order chi connectivity index (χ1) is 38.6. The van der Waals surface area contributed by atoms with Crippen molar-refractivity contribution in [3.8, 4) is 16.9 Å². The Bertz CT molecular complexity index is 2650. The van der Waals surface area contributed by atoms with E-state index < -0.39 is 30.5 Å². The maximum Gasteiger partial charge on any atom is 0.342 e. The molecule has 0 bridgehead atoms. The van der Waals surface area contributed by atoms with E-state index >= 15 is 0 Å². The SMILES string of the molecule is CC1CCCO1.COCOc1ccc(-c2ccccc2)c(CSc2ccccc2)c1C(=O)OCC[Si](C)(C)C.C[C@H](/C=C\C(O[Si](C)(C)C(C)(C)C)[C@H]1OC(C)(C)O[C@H]1CCI)[C@H](C)O[Si](c1ccccc1)(c1ccccc1)C(C)(C)C. The van der Waals surface area contributed by atoms with Crippen molar-refractivity contribution >= 4 is 75.4 Å². The number of halogens is 1. The van der Waals surface area contributed by atoms with Gasteiger partial charge in [-0.05, 0) is 127 Å². The monoisotopic (exact) mass is 1300 g/mol. The van der Waals surface area contributed by atoms with Gasteiger partial charge in [-0.2, -0.15) is 0 Å². The molecule has 0 radical (unpaired) electrons. The molecule has 0 N–H and O–H groups in total. The lowest BCUT2D eigenvalue weighted by molar-refractivity contribution is -0.152. The predicted octanol–water partition coefficient (Wildman–Crippen LogP) is 17.2. The lowest BCUT2D eigenvalue weighted by Crippen LogP contribution is -2.67. The van der Waals surface area contributed by atoms with Crippen LogP contribution in [0, 0.1) is 5.92 Å². The number of hydrogen-bond acceptors (Lipinski definition) is 10. The molecule has 0 saturated carbocycles. The molecule has 0 amide bonds. The Morgan fingerprint density at radius 1 is 0.768 bits per heavy atom. The quantitative estimate of drug-likeness (QED) is 0.0120. The van der Waals surface area contributed by atoms with E-state index in [1.165, 1.54) is 23.2 Å². The van der Waals surface area contributed by atoms with E-state index in [0.717, 1.165) is 45.1 Å². The van der Waals surface area contributed by atoms with Crippen molar-refractivity contribution in [2.45, 2.75) is 191 Å². The molecule has 5 aromatic carbocycles. The van der Waals surface area contributed by atoms with Crippen LogP contribution in [0.15, 0.2) is 151 Å². The number of ether oxygens (including phenoxy) is 6. The van der Waals surface area contributed by atoms with Crippen LogP contribution in [0.25, 0.3) is 11.1 Å². The zero-order valence-electron chi connectivity index (χ0n) is 52.6. The Labute approximate surface area is 516 Å². The molecule has 9 nitrogen and oxygen atoms in total. The van der Waals surface area contributed by atoms with Gasteiger partial charge >= 0.3 is 5.97 Å². The number of carbonyl (C=O) groups excluding carboxylic acids is 1. The van der Waals surface area contributed by atoms with Crippen molar-refractivity contribution in [1.82, 2.24) is 0 Å². The van der Waals surface area contributed by atoms with Crippen molar-refractivity contribution in [3.05, 3.63) is 157 Å². The summed E-state index contributed by atoms with van der Waals surface area (Å²) in [6.07, 6.45) is 8.19. The number of hydrogen-bond donors (Lipinski definition) is 0. The van der Waals surface area contributed by atoms with Gasteiger partial charge in [0.2, 0.25) is 0 Å². The van der Waals surface area contributed by atoms with Gasteiger partial charge in [-0.3, -0.25) is 0 Å². The maximum atomic E-state index is 13.4. The Balaban J connectivity index is 0.000000279. The molecule has 2 unspecified atom stereocenters. The average Bonchev–Trinajstić information content (AvgIpc) is 3.75. The third-order valence-electron chi connectivity index (χ3n) is 15.6. The molecule has 0 spiro atoms. The van der Waals surface area contributed by atoms with Crippen LogP contribution < -0.4 is 15.1 Å². The van der Waals surface area contributed by atoms with E-state index in [0.29, 0.717) is 29.8 Å². The molecular formula is C68H99IO9SSi3. The standard InChI is InChI=1S/C36H57IO4Si2.C27H32O4SSi.C5H10O/c1-27(23-24-32(41-42(11,12)34(3,4)5)33-31(25-26-37)38-36(9,10)39-33)28(2)40-43(35(6,7)8,29-19-15-13-16-20-29)30-21-17-14-18-22-30;1-29-20-31-25-16-15-23(21-11-7-5-8-12-21)24(19-32-22-13-9-6-10-14-22)26(25)27(28)30-17-18-33(2,3)4;1-5-3-2-4-6-5/h13-24,27-28,31-33H,25-26H2,1-12H3;5-16H,17-20H2,1-4H3;5H,2-4H2,1H3/b24-23-;;/t27-,28+,31+,32?,33+;;/m1../s1. The van der Waals surface area contributed by atoms with Gasteiger partial charge in [-0.1, -0.05) is 218 Å². The number of carbonyl (C=O) groups is 1. The lowest BCUT2D eigenvalue weighted by Gasteiger charge is -2.45. The number of thioether (sulfide) groups is 1. The van der Waals surface area contributed by atoms with Crippen molar-refractivity contribution in [3.63, 3.8) is 0 Å². The van der Waals surface area contributed by atoms with Gasteiger partial charge in [0.05, 0.1) is 24.9 Å². The molecule has 2 heterocycles. The second-order valence-electron chi connectivity index (χ2n) is 25.9. The van der Waals surface area contributed by atoms with Crippen LogP contribution in [0.3, 0.4) is 0 Å². The van der Waals surface area contributed by atoms with Crippen LogP contribution in [0.5, 0.6) is 5.75 Å². The van der Waals surface area contributed by atoms with E-state index in [2.05, 4.69) is 215 Å². The van der Waals surface area contributed by atoms with Gasteiger partial charge < -0.3 is 37.3 Å². The molecule has 5 aromatic rings. The van der Waals surface area contributed by atoms with Crippen LogP contribution in [0.1, 0.15) is 111 Å². The maximum absolute atomic E-state index is 13.4. The van der Waals surface area contributed by atoms with Crippen LogP contribution in [-0.2, 0) is 38.3 Å². The summed E-state index contributed by atoms with van der Waals surface area (Å²) in [5.41, 5.74) is 3.44. The number of rotatable bonds is 23. The number of alkyl halides is 1. The van der Waals surface area contributed by atoms with E-state index in [-0.39, 0.29) is 53.2 Å². The topological polar surface area (TPSA) is 90.9 Å². The normalized spacial score (nSPS) is 18.6. The first kappa shape index (κ1) is 69.4. The van der Waals surface area contributed by atoms with Crippen LogP contribution in [0.2, 0.25) is 48.9 Å². The smallest absolute Gasteiger partial charge is 0.342 e. The fourth-order valence-electron chi connectivity index (χ4n) is 9.79. The molecule has 82 heavy (non-hydrogen) atoms. The second-order valence-corrected chi connectivity index (χ2v) is 42.7. The van der Waals surface area contributed by atoms with Crippen molar-refractivity contribution in [2.24, 2.45) is 5.92 Å². The molecule has 0 aromatic heterocycles. The molecule has 2 aliphatic heterocycles. The zero-order chi connectivity index (χ0) is 60.4. The largest absolute Gasteiger partial charge is 0.467 e. The Morgan fingerprint density at radius 3 is 1.83 bits per heavy atom. The Hall–Kier alpha value is -3.40. The van der Waals surface area contributed by atoms with Crippen LogP contribution >= 0.6 is 34.4 Å². The molecule has 2 aliphatic rings. The summed E-state index contributed by atoms with van der Waals surface area (Å²) in [5, 5.41) is 2.61.